The Balaban J connectivity index is 2.25. The minimum atomic E-state index is -0.850. The van der Waals surface area contributed by atoms with E-state index in [9.17, 15) is 14.0 Å². The van der Waals surface area contributed by atoms with Crippen molar-refractivity contribution in [3.8, 4) is 0 Å². The van der Waals surface area contributed by atoms with Crippen LogP contribution in [0, 0.1) is 5.82 Å². The van der Waals surface area contributed by atoms with Crippen LogP contribution >= 0.6 is 0 Å². The molecule has 138 valence electrons. The van der Waals surface area contributed by atoms with Crippen LogP contribution in [0.15, 0.2) is 18.2 Å². The van der Waals surface area contributed by atoms with Crippen LogP contribution in [0.4, 0.5) is 4.39 Å². The molecule has 1 atom stereocenters. The highest BCUT2D eigenvalue weighted by molar-refractivity contribution is 5.72. The van der Waals surface area contributed by atoms with Gasteiger partial charge in [-0.25, -0.2) is 4.39 Å². The molecule has 0 radical (unpaired) electrons. The lowest BCUT2D eigenvalue weighted by Crippen LogP contribution is -2.48. The quantitative estimate of drug-likeness (QED) is 0.730. The lowest BCUT2D eigenvalue weighted by atomic mass is 9.74. The van der Waals surface area contributed by atoms with E-state index in [4.69, 9.17) is 9.47 Å². The minimum absolute atomic E-state index is 0.0393. The molecule has 1 aliphatic rings. The summed E-state index contributed by atoms with van der Waals surface area (Å²) in [5, 5.41) is 3.27. The van der Waals surface area contributed by atoms with Crippen molar-refractivity contribution in [2.24, 2.45) is 0 Å². The van der Waals surface area contributed by atoms with Crippen LogP contribution in [0.5, 0.6) is 0 Å². The molecule has 0 saturated carbocycles. The number of nitrogens with one attached hydrogen (secondary N) is 1. The number of halogens is 1. The van der Waals surface area contributed by atoms with Gasteiger partial charge in [0.2, 0.25) is 0 Å². The third-order valence-corrected chi connectivity index (χ3v) is 4.48. The molecule has 2 rings (SSSR count). The van der Waals surface area contributed by atoms with Gasteiger partial charge in [0.05, 0.1) is 31.6 Å². The van der Waals surface area contributed by atoms with Crippen LogP contribution in [0.2, 0.25) is 0 Å². The van der Waals surface area contributed by atoms with E-state index >= 15 is 0 Å². The van der Waals surface area contributed by atoms with Crippen LogP contribution in [-0.2, 0) is 31.0 Å². The molecule has 0 aliphatic heterocycles. The van der Waals surface area contributed by atoms with Gasteiger partial charge >= 0.3 is 11.9 Å². The monoisotopic (exact) mass is 351 g/mol. The van der Waals surface area contributed by atoms with Crippen molar-refractivity contribution in [1.82, 2.24) is 5.32 Å². The fourth-order valence-electron chi connectivity index (χ4n) is 3.53. The van der Waals surface area contributed by atoms with Gasteiger partial charge in [0, 0.05) is 12.1 Å². The number of hydrogen-bond donors (Lipinski definition) is 1. The van der Waals surface area contributed by atoms with Crippen LogP contribution in [0.25, 0.3) is 0 Å². The fraction of sp³-hybridized carbons (Fsp3) is 0.579. The zero-order valence-corrected chi connectivity index (χ0v) is 14.9. The average molecular weight is 351 g/mol. The predicted molar refractivity (Wildman–Crippen MR) is 91.5 cm³/mol. The Morgan fingerprint density at radius 2 is 1.92 bits per heavy atom. The van der Waals surface area contributed by atoms with Crippen molar-refractivity contribution < 1.29 is 23.5 Å². The molecule has 1 aromatic carbocycles. The molecule has 5 nitrogen and oxygen atoms in total. The molecule has 25 heavy (non-hydrogen) atoms. The van der Waals surface area contributed by atoms with E-state index in [0.717, 1.165) is 18.4 Å². The third kappa shape index (κ3) is 4.78. The maximum absolute atomic E-state index is 14.6. The third-order valence-electron chi connectivity index (χ3n) is 4.48. The van der Waals surface area contributed by atoms with Crippen LogP contribution in [-0.4, -0.2) is 31.7 Å². The Bertz CT molecular complexity index is 619. The van der Waals surface area contributed by atoms with Crippen molar-refractivity contribution in [3.63, 3.8) is 0 Å². The first kappa shape index (κ1) is 19.4. The second-order valence-corrected chi connectivity index (χ2v) is 6.17. The standard InChI is InChI=1S/C19H26FNO4/c1-3-24-16(22)10-12-21-19(13-17(23)25-4-2)11-6-8-14-7-5-9-15(20)18(14)19/h5,7,9,21H,3-4,6,8,10-13H2,1-2H3. The van der Waals surface area contributed by atoms with Gasteiger partial charge < -0.3 is 14.8 Å². The summed E-state index contributed by atoms with van der Waals surface area (Å²) in [6.45, 7) is 4.41. The van der Waals surface area contributed by atoms with Gasteiger partial charge in [-0.05, 0) is 44.7 Å². The molecular weight excluding hydrogens is 325 g/mol. The number of benzene rings is 1. The zero-order chi connectivity index (χ0) is 18.3. The SMILES string of the molecule is CCOC(=O)CCNC1(CC(=O)OCC)CCCc2cccc(F)c21. The van der Waals surface area contributed by atoms with Gasteiger partial charge in [0.1, 0.15) is 5.82 Å². The van der Waals surface area contributed by atoms with Gasteiger partial charge in [-0.3, -0.25) is 9.59 Å². The van der Waals surface area contributed by atoms with Crippen molar-refractivity contribution in [2.45, 2.75) is 51.5 Å². The van der Waals surface area contributed by atoms with E-state index in [2.05, 4.69) is 5.32 Å². The average Bonchev–Trinajstić information content (AvgIpc) is 2.55. The second kappa shape index (κ2) is 8.94. The predicted octanol–water partition coefficient (Wildman–Crippen LogP) is 2.85. The maximum Gasteiger partial charge on any atom is 0.308 e. The lowest BCUT2D eigenvalue weighted by molar-refractivity contribution is -0.145. The molecule has 1 aromatic rings. The van der Waals surface area contributed by atoms with Crippen molar-refractivity contribution >= 4 is 11.9 Å². The summed E-state index contributed by atoms with van der Waals surface area (Å²) in [4.78, 5) is 23.8. The van der Waals surface area contributed by atoms with Crippen LogP contribution in [0.1, 0.15) is 50.7 Å². The van der Waals surface area contributed by atoms with Crippen LogP contribution in [0.3, 0.4) is 0 Å². The van der Waals surface area contributed by atoms with Gasteiger partial charge in [-0.2, -0.15) is 0 Å². The van der Waals surface area contributed by atoms with E-state index in [1.165, 1.54) is 6.07 Å². The molecule has 6 heteroatoms. The summed E-state index contributed by atoms with van der Waals surface area (Å²) in [6.07, 6.45) is 2.43. The number of ether oxygens (including phenoxy) is 2. The first-order chi connectivity index (χ1) is 12.0. The lowest BCUT2D eigenvalue weighted by Gasteiger charge is -2.39. The van der Waals surface area contributed by atoms with E-state index in [1.54, 1.807) is 19.9 Å². The Morgan fingerprint density at radius 1 is 1.20 bits per heavy atom. The van der Waals surface area contributed by atoms with Crippen molar-refractivity contribution in [1.29, 1.82) is 0 Å². The van der Waals surface area contributed by atoms with Crippen molar-refractivity contribution in [2.75, 3.05) is 19.8 Å². The molecule has 0 fully saturated rings. The van der Waals surface area contributed by atoms with Gasteiger partial charge in [-0.15, -0.1) is 0 Å². The molecule has 0 heterocycles. The normalized spacial score (nSPS) is 19.2. The summed E-state index contributed by atoms with van der Waals surface area (Å²) < 4.78 is 24.7. The molecule has 1 N–H and O–H groups in total. The smallest absolute Gasteiger partial charge is 0.308 e. The number of carbonyl (C=O) groups excluding carboxylic acids is 2. The highest BCUT2D eigenvalue weighted by atomic mass is 19.1. The summed E-state index contributed by atoms with van der Waals surface area (Å²) >= 11 is 0. The van der Waals surface area contributed by atoms with E-state index in [1.807, 2.05) is 6.07 Å². The van der Waals surface area contributed by atoms with Gasteiger partial charge in [0.25, 0.3) is 0 Å². The number of carbonyl (C=O) groups is 2. The summed E-state index contributed by atoms with van der Waals surface area (Å²) in [7, 11) is 0. The fourth-order valence-corrected chi connectivity index (χ4v) is 3.53. The molecule has 1 aliphatic carbocycles. The highest BCUT2D eigenvalue weighted by Crippen LogP contribution is 2.39. The maximum atomic E-state index is 14.6. The molecule has 0 saturated heterocycles. The topological polar surface area (TPSA) is 64.6 Å². The number of fused-ring (bicyclic) bond motifs is 1. The first-order valence-electron chi connectivity index (χ1n) is 8.86. The number of rotatable bonds is 8. The van der Waals surface area contributed by atoms with Gasteiger partial charge in [-0.1, -0.05) is 12.1 Å². The molecule has 0 spiro atoms. The summed E-state index contributed by atoms with van der Waals surface area (Å²) in [5.41, 5.74) is 0.579. The van der Waals surface area contributed by atoms with Gasteiger partial charge in [0.15, 0.2) is 0 Å². The summed E-state index contributed by atoms with van der Waals surface area (Å²) in [6, 6.07) is 4.99. The molecule has 0 bridgehead atoms. The Labute approximate surface area is 147 Å². The second-order valence-electron chi connectivity index (χ2n) is 6.17. The molecule has 1 unspecified atom stereocenters. The van der Waals surface area contributed by atoms with E-state index < -0.39 is 5.54 Å². The van der Waals surface area contributed by atoms with Crippen molar-refractivity contribution in [3.05, 3.63) is 35.1 Å². The Hall–Kier alpha value is -1.95. The number of esters is 2. The zero-order valence-electron chi connectivity index (χ0n) is 14.9. The number of hydrogen-bond acceptors (Lipinski definition) is 5. The Morgan fingerprint density at radius 3 is 2.64 bits per heavy atom. The number of aryl methyl sites for hydroxylation is 1. The Kier molecular flexibility index (Phi) is 6.93. The highest BCUT2D eigenvalue weighted by Gasteiger charge is 2.40. The van der Waals surface area contributed by atoms with E-state index in [0.29, 0.717) is 25.1 Å². The largest absolute Gasteiger partial charge is 0.466 e. The first-order valence-corrected chi connectivity index (χ1v) is 8.86. The summed E-state index contributed by atoms with van der Waals surface area (Å²) in [5.74, 6) is -1.02. The molecule has 0 amide bonds. The van der Waals surface area contributed by atoms with Crippen LogP contribution < -0.4 is 5.32 Å². The molecule has 0 aromatic heterocycles. The minimum Gasteiger partial charge on any atom is -0.466 e. The molecular formula is C19H26FNO4. The van der Waals surface area contributed by atoms with E-state index in [-0.39, 0.29) is 37.2 Å².